The number of nitrogens with one attached hydrogen (secondary N) is 3. The van der Waals surface area contributed by atoms with Gasteiger partial charge < -0.3 is 16.0 Å². The van der Waals surface area contributed by atoms with Crippen LogP contribution >= 0.6 is 0 Å². The first-order chi connectivity index (χ1) is 18.5. The Morgan fingerprint density at radius 1 is 1.08 bits per heavy atom. The Morgan fingerprint density at radius 3 is 2.33 bits per heavy atom. The van der Waals surface area contributed by atoms with Crippen LogP contribution in [-0.2, 0) is 24.6 Å². The molecule has 39 heavy (non-hydrogen) atoms. The predicted molar refractivity (Wildman–Crippen MR) is 132 cm³/mol. The molecule has 12 heteroatoms. The molecule has 2 unspecified atom stereocenters. The number of nitrogens with zero attached hydrogens (tertiary/aromatic N) is 2. The average molecular weight is 546 g/mol. The van der Waals surface area contributed by atoms with E-state index >= 15 is 0 Å². The highest BCUT2D eigenvalue weighted by Gasteiger charge is 2.57. The molecule has 1 aromatic rings. The van der Waals surface area contributed by atoms with E-state index in [1.54, 1.807) is 24.3 Å². The van der Waals surface area contributed by atoms with Gasteiger partial charge >= 0.3 is 12.1 Å². The Morgan fingerprint density at radius 2 is 1.74 bits per heavy atom. The second kappa shape index (κ2) is 10.3. The van der Waals surface area contributed by atoms with Crippen molar-refractivity contribution in [1.82, 2.24) is 16.0 Å². The molecule has 3 fully saturated rings. The monoisotopic (exact) mass is 545 g/mol. The summed E-state index contributed by atoms with van der Waals surface area (Å²) in [6.07, 6.45) is -0.650. The Hall–Kier alpha value is -3.46. The van der Waals surface area contributed by atoms with E-state index < -0.39 is 53.3 Å². The Bertz CT molecular complexity index is 1220. The van der Waals surface area contributed by atoms with Gasteiger partial charge in [-0.15, -0.1) is 0 Å². The highest BCUT2D eigenvalue weighted by molar-refractivity contribution is 6.24. The van der Waals surface area contributed by atoms with Crippen molar-refractivity contribution >= 4 is 29.3 Å². The van der Waals surface area contributed by atoms with E-state index in [9.17, 15) is 37.6 Å². The normalized spacial score (nSPS) is 25.9. The number of alkyl halides is 3. The standard InChI is InChI=1S/C27H30F3N5O4/c28-27(29,30)24(38)34-19(10-15-4-3-5-15)22(36)33-20(11-16-8-9-16)23(37)35-21-7-2-1-6-18(21)26(25(35)39)12-17(13-31)32-14-26/h1-2,6-7,15-17,19-20,32H,3-5,8-12,14H2,(H,33,36)(H,34,38)/t17-,19?,20?,26-/m0/s1. The van der Waals surface area contributed by atoms with Crippen molar-refractivity contribution in [2.75, 3.05) is 11.4 Å². The number of imide groups is 1. The van der Waals surface area contributed by atoms with Gasteiger partial charge in [-0.1, -0.05) is 50.3 Å². The zero-order valence-electron chi connectivity index (χ0n) is 21.2. The highest BCUT2D eigenvalue weighted by Crippen LogP contribution is 2.47. The first kappa shape index (κ1) is 27.1. The van der Waals surface area contributed by atoms with Gasteiger partial charge in [0, 0.05) is 6.54 Å². The number of amides is 4. The Balaban J connectivity index is 1.39. The number of fused-ring (bicyclic) bond motifs is 2. The van der Waals surface area contributed by atoms with Crippen molar-refractivity contribution in [1.29, 1.82) is 5.26 Å². The quantitative estimate of drug-likeness (QED) is 0.459. The van der Waals surface area contributed by atoms with Crippen LogP contribution in [0.5, 0.6) is 0 Å². The number of rotatable bonds is 8. The fourth-order valence-corrected chi connectivity index (χ4v) is 5.85. The second-order valence-corrected chi connectivity index (χ2v) is 11.1. The van der Waals surface area contributed by atoms with Crippen molar-refractivity contribution < 1.29 is 32.3 Å². The fraction of sp³-hybridized carbons (Fsp3) is 0.593. The van der Waals surface area contributed by atoms with Crippen molar-refractivity contribution in [2.24, 2.45) is 11.8 Å². The third-order valence-corrected chi connectivity index (χ3v) is 8.41. The number of carbonyl (C=O) groups excluding carboxylic acids is 4. The molecule has 5 rings (SSSR count). The van der Waals surface area contributed by atoms with Crippen LogP contribution in [0.15, 0.2) is 24.3 Å². The average Bonchev–Trinajstić information content (AvgIpc) is 3.53. The number of nitriles is 1. The first-order valence-corrected chi connectivity index (χ1v) is 13.3. The maximum atomic E-state index is 13.9. The summed E-state index contributed by atoms with van der Waals surface area (Å²) in [5.41, 5.74) is -0.112. The van der Waals surface area contributed by atoms with Gasteiger partial charge in [-0.25, -0.2) is 4.90 Å². The minimum atomic E-state index is -5.15. The summed E-state index contributed by atoms with van der Waals surface area (Å²) in [6, 6.07) is 5.75. The van der Waals surface area contributed by atoms with E-state index in [0.717, 1.165) is 37.0 Å². The summed E-state index contributed by atoms with van der Waals surface area (Å²) < 4.78 is 39.0. The summed E-state index contributed by atoms with van der Waals surface area (Å²) in [5, 5.41) is 16.8. The summed E-state index contributed by atoms with van der Waals surface area (Å²) in [5.74, 6) is -4.12. The van der Waals surface area contributed by atoms with E-state index in [1.807, 2.05) is 5.32 Å². The van der Waals surface area contributed by atoms with Crippen molar-refractivity contribution in [2.45, 2.75) is 81.1 Å². The first-order valence-electron chi connectivity index (χ1n) is 13.3. The molecule has 1 spiro atoms. The van der Waals surface area contributed by atoms with Gasteiger partial charge in [0.15, 0.2) is 0 Å². The van der Waals surface area contributed by atoms with Gasteiger partial charge in [-0.3, -0.25) is 19.2 Å². The number of para-hydroxylation sites is 1. The molecule has 0 radical (unpaired) electrons. The number of carbonyl (C=O) groups is 4. The fourth-order valence-electron chi connectivity index (χ4n) is 5.85. The molecule has 4 aliphatic rings. The zero-order valence-corrected chi connectivity index (χ0v) is 21.2. The lowest BCUT2D eigenvalue weighted by atomic mass is 9.79. The Kier molecular flexibility index (Phi) is 7.13. The van der Waals surface area contributed by atoms with Gasteiger partial charge in [0.1, 0.15) is 12.1 Å². The molecule has 0 aromatic heterocycles. The minimum absolute atomic E-state index is 0.00158. The van der Waals surface area contributed by atoms with Crippen LogP contribution in [0.3, 0.4) is 0 Å². The molecular formula is C27H30F3N5O4. The van der Waals surface area contributed by atoms with Gasteiger partial charge in [0.05, 0.1) is 23.2 Å². The van der Waals surface area contributed by atoms with Crippen LogP contribution < -0.4 is 20.9 Å². The molecule has 2 aliphatic heterocycles. The maximum absolute atomic E-state index is 13.9. The summed E-state index contributed by atoms with van der Waals surface area (Å²) in [4.78, 5) is 53.8. The Labute approximate surface area is 223 Å². The molecule has 4 amide bonds. The molecule has 1 saturated heterocycles. The van der Waals surface area contributed by atoms with Crippen LogP contribution in [-0.4, -0.2) is 54.5 Å². The lowest BCUT2D eigenvalue weighted by Gasteiger charge is -2.31. The summed E-state index contributed by atoms with van der Waals surface area (Å²) >= 11 is 0. The molecule has 3 N–H and O–H groups in total. The molecule has 4 atom stereocenters. The molecule has 0 bridgehead atoms. The highest BCUT2D eigenvalue weighted by atomic mass is 19.4. The van der Waals surface area contributed by atoms with E-state index in [1.165, 1.54) is 0 Å². The van der Waals surface area contributed by atoms with Crippen molar-refractivity contribution in [3.8, 4) is 6.07 Å². The molecule has 2 heterocycles. The summed E-state index contributed by atoms with van der Waals surface area (Å²) in [6.45, 7) is 0.178. The number of benzene rings is 1. The van der Waals surface area contributed by atoms with Crippen LogP contribution in [0, 0.1) is 23.2 Å². The molecule has 1 aromatic carbocycles. The molecule has 208 valence electrons. The summed E-state index contributed by atoms with van der Waals surface area (Å²) in [7, 11) is 0. The second-order valence-electron chi connectivity index (χ2n) is 11.1. The lowest BCUT2D eigenvalue weighted by molar-refractivity contribution is -0.175. The van der Waals surface area contributed by atoms with Gasteiger partial charge in [0.25, 0.3) is 5.91 Å². The lowest BCUT2D eigenvalue weighted by Crippen LogP contribution is -2.57. The van der Waals surface area contributed by atoms with E-state index in [0.29, 0.717) is 11.3 Å². The third-order valence-electron chi connectivity index (χ3n) is 8.41. The van der Waals surface area contributed by atoms with Gasteiger partial charge in [-0.05, 0) is 42.7 Å². The number of anilines is 1. The zero-order chi connectivity index (χ0) is 27.9. The van der Waals surface area contributed by atoms with Crippen molar-refractivity contribution in [3.63, 3.8) is 0 Å². The smallest absolute Gasteiger partial charge is 0.342 e. The number of halogens is 3. The van der Waals surface area contributed by atoms with Crippen LogP contribution in [0.4, 0.5) is 18.9 Å². The third kappa shape index (κ3) is 5.24. The molecule has 9 nitrogen and oxygen atoms in total. The number of hydrogen-bond acceptors (Lipinski definition) is 6. The van der Waals surface area contributed by atoms with Crippen LogP contribution in [0.2, 0.25) is 0 Å². The van der Waals surface area contributed by atoms with Gasteiger partial charge in [0.2, 0.25) is 11.8 Å². The SMILES string of the molecule is N#C[C@@H]1C[C@@]2(CN1)C(=O)N(C(=O)C(CC1CC1)NC(=O)C(CC1CCC1)NC(=O)C(F)(F)F)c1ccccc12. The van der Waals surface area contributed by atoms with E-state index in [2.05, 4.69) is 16.7 Å². The largest absolute Gasteiger partial charge is 0.471 e. The van der Waals surface area contributed by atoms with Gasteiger partial charge in [-0.2, -0.15) is 18.4 Å². The number of hydrogen-bond donors (Lipinski definition) is 3. The van der Waals surface area contributed by atoms with E-state index in [-0.39, 0.29) is 37.6 Å². The molecular weight excluding hydrogens is 515 g/mol. The van der Waals surface area contributed by atoms with E-state index in [4.69, 9.17) is 0 Å². The maximum Gasteiger partial charge on any atom is 0.471 e. The minimum Gasteiger partial charge on any atom is -0.342 e. The molecule has 2 saturated carbocycles. The topological polar surface area (TPSA) is 131 Å². The van der Waals surface area contributed by atoms with Crippen LogP contribution in [0.25, 0.3) is 0 Å². The molecule has 2 aliphatic carbocycles. The van der Waals surface area contributed by atoms with Crippen LogP contribution in [0.1, 0.15) is 56.9 Å². The predicted octanol–water partition coefficient (Wildman–Crippen LogP) is 2.21. The van der Waals surface area contributed by atoms with Crippen molar-refractivity contribution in [3.05, 3.63) is 29.8 Å².